The summed E-state index contributed by atoms with van der Waals surface area (Å²) in [7, 11) is -0.113. The van der Waals surface area contributed by atoms with Gasteiger partial charge in [-0.05, 0) is 42.8 Å². The van der Waals surface area contributed by atoms with Gasteiger partial charge in [0, 0.05) is 17.7 Å². The van der Waals surface area contributed by atoms with Crippen LogP contribution in [0.15, 0.2) is 77.7 Å². The number of hydrogen-bond acceptors (Lipinski definition) is 5. The third-order valence-electron chi connectivity index (χ3n) is 6.26. The summed E-state index contributed by atoms with van der Waals surface area (Å²) in [6.07, 6.45) is 0.720. The van der Waals surface area contributed by atoms with Crippen LogP contribution < -0.4 is 4.72 Å². The Morgan fingerprint density at radius 3 is 2.21 bits per heavy atom. The van der Waals surface area contributed by atoms with E-state index in [1.54, 1.807) is 41.8 Å². The number of halogens is 1. The summed E-state index contributed by atoms with van der Waals surface area (Å²) in [5.41, 5.74) is 4.67. The first-order valence-electron chi connectivity index (χ1n) is 12.2. The molecule has 38 heavy (non-hydrogen) atoms. The smallest absolute Gasteiger partial charge is 0.242 e. The Labute approximate surface area is 229 Å². The van der Waals surface area contributed by atoms with E-state index in [9.17, 15) is 13.2 Å². The van der Waals surface area contributed by atoms with Crippen molar-refractivity contribution in [2.45, 2.75) is 31.2 Å². The molecule has 7 nitrogen and oxygen atoms in total. The summed E-state index contributed by atoms with van der Waals surface area (Å²) in [4.78, 5) is 18.3. The van der Waals surface area contributed by atoms with E-state index in [0.717, 1.165) is 23.0 Å². The average Bonchev–Trinajstić information content (AvgIpc) is 3.22. The molecule has 0 atom stereocenters. The van der Waals surface area contributed by atoms with Gasteiger partial charge in [-0.3, -0.25) is 9.69 Å². The van der Waals surface area contributed by atoms with Crippen molar-refractivity contribution in [1.29, 1.82) is 0 Å². The van der Waals surface area contributed by atoms with E-state index >= 15 is 0 Å². The van der Waals surface area contributed by atoms with Crippen LogP contribution in [0.4, 0.5) is 0 Å². The number of benzene rings is 3. The summed E-state index contributed by atoms with van der Waals surface area (Å²) >= 11 is 6.33. The molecule has 0 amide bonds. The molecule has 4 aromatic rings. The topological polar surface area (TPSA) is 84.3 Å². The molecule has 1 N–H and O–H groups in total. The van der Waals surface area contributed by atoms with Crippen LogP contribution in [0.25, 0.3) is 22.5 Å². The summed E-state index contributed by atoms with van der Waals surface area (Å²) in [6, 6.07) is 22.6. The molecule has 0 unspecified atom stereocenters. The Hall–Kier alpha value is -3.30. The highest BCUT2D eigenvalue weighted by Gasteiger charge is 2.20. The minimum atomic E-state index is -3.70. The third kappa shape index (κ3) is 6.05. The molecule has 0 bridgehead atoms. The van der Waals surface area contributed by atoms with Gasteiger partial charge in [-0.1, -0.05) is 92.2 Å². The summed E-state index contributed by atoms with van der Waals surface area (Å²) in [6.45, 7) is 4.84. The van der Waals surface area contributed by atoms with Crippen molar-refractivity contribution >= 4 is 27.9 Å². The number of aldehydes is 1. The van der Waals surface area contributed by atoms with Crippen molar-refractivity contribution < 1.29 is 13.2 Å². The predicted molar refractivity (Wildman–Crippen MR) is 152 cm³/mol. The molecule has 0 saturated heterocycles. The first-order valence-corrected chi connectivity index (χ1v) is 14.1. The molecule has 3 aromatic carbocycles. The average molecular weight is 551 g/mol. The predicted octanol–water partition coefficient (Wildman–Crippen LogP) is 5.65. The zero-order chi connectivity index (χ0) is 27.4. The number of nitrogens with zero attached hydrogens (tertiary/aromatic N) is 3. The fraction of sp³-hybridized carbons (Fsp3) is 0.241. The van der Waals surface area contributed by atoms with Gasteiger partial charge in [0.2, 0.25) is 10.0 Å². The molecule has 1 aromatic heterocycles. The zero-order valence-electron chi connectivity index (χ0n) is 21.8. The standard InChI is InChI=1S/C29H31ClN4O3S/c1-20(2)22-13-15-24(16-14-22)29-32-28(30)26(18-35)34(29)17-21-9-11-23(12-10-21)25-7-5-6-8-27(25)38(36,37)31-19-33(3)4/h5-16,18,20,31H,17,19H2,1-4H3. The number of imidazole rings is 1. The van der Waals surface area contributed by atoms with Crippen LogP contribution in [0.5, 0.6) is 0 Å². The summed E-state index contributed by atoms with van der Waals surface area (Å²) in [5.74, 6) is 1.01. The Morgan fingerprint density at radius 1 is 0.974 bits per heavy atom. The molecule has 0 saturated carbocycles. The maximum Gasteiger partial charge on any atom is 0.242 e. The largest absolute Gasteiger partial charge is 0.316 e. The maximum atomic E-state index is 12.9. The molecule has 9 heteroatoms. The van der Waals surface area contributed by atoms with Gasteiger partial charge in [0.25, 0.3) is 0 Å². The highest BCUT2D eigenvalue weighted by Crippen LogP contribution is 2.30. The monoisotopic (exact) mass is 550 g/mol. The molecule has 1 heterocycles. The van der Waals surface area contributed by atoms with E-state index in [4.69, 9.17) is 11.6 Å². The number of carbonyl (C=O) groups excluding carboxylic acids is 1. The lowest BCUT2D eigenvalue weighted by atomic mass is 10.0. The van der Waals surface area contributed by atoms with Crippen LogP contribution in [0.3, 0.4) is 0 Å². The van der Waals surface area contributed by atoms with E-state index in [0.29, 0.717) is 29.5 Å². The number of hydrogen-bond donors (Lipinski definition) is 1. The van der Waals surface area contributed by atoms with E-state index in [2.05, 4.69) is 35.7 Å². The lowest BCUT2D eigenvalue weighted by molar-refractivity contribution is 0.111. The van der Waals surface area contributed by atoms with Crippen LogP contribution in [-0.4, -0.2) is 49.9 Å². The van der Waals surface area contributed by atoms with Crippen molar-refractivity contribution in [3.05, 3.63) is 94.8 Å². The fourth-order valence-electron chi connectivity index (χ4n) is 4.15. The van der Waals surface area contributed by atoms with Crippen molar-refractivity contribution in [1.82, 2.24) is 19.2 Å². The SMILES string of the molecule is CC(C)c1ccc(-c2nc(Cl)c(C=O)n2Cc2ccc(-c3ccccc3S(=O)(=O)NCN(C)C)cc2)cc1. The third-order valence-corrected chi connectivity index (χ3v) is 7.98. The van der Waals surface area contributed by atoms with Crippen molar-refractivity contribution in [2.75, 3.05) is 20.8 Å². The summed E-state index contributed by atoms with van der Waals surface area (Å²) in [5, 5.41) is 0.156. The second kappa shape index (κ2) is 11.6. The van der Waals surface area contributed by atoms with Crippen LogP contribution in [0.2, 0.25) is 5.15 Å². The number of rotatable bonds is 10. The van der Waals surface area contributed by atoms with E-state index in [1.807, 2.05) is 42.5 Å². The second-order valence-electron chi connectivity index (χ2n) is 9.67. The number of aromatic nitrogens is 2. The number of carbonyl (C=O) groups is 1. The highest BCUT2D eigenvalue weighted by molar-refractivity contribution is 7.89. The molecule has 0 aliphatic carbocycles. The molecule has 0 radical (unpaired) electrons. The van der Waals surface area contributed by atoms with Crippen LogP contribution in [0.1, 0.15) is 41.4 Å². The van der Waals surface area contributed by atoms with Gasteiger partial charge in [-0.25, -0.2) is 13.4 Å². The Bertz CT molecular complexity index is 1530. The van der Waals surface area contributed by atoms with Gasteiger partial charge in [0.15, 0.2) is 11.4 Å². The quantitative estimate of drug-likeness (QED) is 0.204. The van der Waals surface area contributed by atoms with Gasteiger partial charge >= 0.3 is 0 Å². The van der Waals surface area contributed by atoms with Crippen molar-refractivity contribution in [2.24, 2.45) is 0 Å². The molecule has 0 fully saturated rings. The van der Waals surface area contributed by atoms with Crippen LogP contribution in [-0.2, 0) is 16.6 Å². The van der Waals surface area contributed by atoms with Gasteiger partial charge in [0.05, 0.1) is 11.6 Å². The fourth-order valence-corrected chi connectivity index (χ4v) is 5.69. The Morgan fingerprint density at radius 2 is 1.61 bits per heavy atom. The van der Waals surface area contributed by atoms with Crippen molar-refractivity contribution in [3.8, 4) is 22.5 Å². The molecule has 198 valence electrons. The highest BCUT2D eigenvalue weighted by atomic mass is 35.5. The van der Waals surface area contributed by atoms with Crippen molar-refractivity contribution in [3.63, 3.8) is 0 Å². The Kier molecular flexibility index (Phi) is 8.47. The lowest BCUT2D eigenvalue weighted by Crippen LogP contribution is -2.33. The molecule has 4 rings (SSSR count). The number of sulfonamides is 1. The first kappa shape index (κ1) is 27.7. The molecular formula is C29H31ClN4O3S. The second-order valence-corrected chi connectivity index (χ2v) is 11.8. The molecule has 0 aliphatic heterocycles. The minimum Gasteiger partial charge on any atom is -0.316 e. The molecular weight excluding hydrogens is 520 g/mol. The normalized spacial score (nSPS) is 11.9. The van der Waals surface area contributed by atoms with E-state index in [-0.39, 0.29) is 16.7 Å². The van der Waals surface area contributed by atoms with Gasteiger partial charge in [-0.2, -0.15) is 4.72 Å². The van der Waals surface area contributed by atoms with E-state index in [1.165, 1.54) is 5.56 Å². The van der Waals surface area contributed by atoms with Gasteiger partial charge in [-0.15, -0.1) is 0 Å². The Balaban J connectivity index is 1.65. The maximum absolute atomic E-state index is 12.9. The van der Waals surface area contributed by atoms with Crippen LogP contribution >= 0.6 is 11.6 Å². The van der Waals surface area contributed by atoms with E-state index < -0.39 is 10.0 Å². The lowest BCUT2D eigenvalue weighted by Gasteiger charge is -2.15. The van der Waals surface area contributed by atoms with Crippen LogP contribution in [0, 0.1) is 0 Å². The molecule has 0 aliphatic rings. The first-order chi connectivity index (χ1) is 18.1. The molecule has 0 spiro atoms. The summed E-state index contributed by atoms with van der Waals surface area (Å²) < 4.78 is 30.3. The van der Waals surface area contributed by atoms with Gasteiger partial charge < -0.3 is 4.57 Å². The minimum absolute atomic E-state index is 0.156. The van der Waals surface area contributed by atoms with Gasteiger partial charge in [0.1, 0.15) is 11.5 Å². The zero-order valence-corrected chi connectivity index (χ0v) is 23.4. The number of nitrogens with one attached hydrogen (secondary N) is 1.